The second-order valence-corrected chi connectivity index (χ2v) is 4.78. The van der Waals surface area contributed by atoms with Crippen LogP contribution in [0.2, 0.25) is 0 Å². The number of rotatable bonds is 4. The van der Waals surface area contributed by atoms with Crippen LogP contribution in [-0.2, 0) is 0 Å². The first-order valence-corrected chi connectivity index (χ1v) is 6.98. The highest BCUT2D eigenvalue weighted by molar-refractivity contribution is 7.98. The fraction of sp³-hybridized carbons (Fsp3) is 0.0714. The van der Waals surface area contributed by atoms with Crippen molar-refractivity contribution >= 4 is 29.5 Å². The first-order valence-electron chi connectivity index (χ1n) is 5.76. The number of carboxylic acids is 1. The molecule has 1 heterocycles. The molecule has 0 atom stereocenters. The Balaban J connectivity index is 2.14. The zero-order valence-corrected chi connectivity index (χ0v) is 11.5. The van der Waals surface area contributed by atoms with Crippen LogP contribution in [0.5, 0.6) is 0 Å². The number of carbonyl (C=O) groups is 2. The number of hydrogen-bond donors (Lipinski definition) is 2. The number of benzene rings is 1. The van der Waals surface area contributed by atoms with E-state index in [4.69, 9.17) is 5.11 Å². The molecule has 1 amide bonds. The molecule has 0 radical (unpaired) electrons. The summed E-state index contributed by atoms with van der Waals surface area (Å²) >= 11 is 1.59. The van der Waals surface area contributed by atoms with Gasteiger partial charge in [-0.1, -0.05) is 6.07 Å². The Kier molecular flexibility index (Phi) is 4.37. The Labute approximate surface area is 120 Å². The number of nitrogens with one attached hydrogen (secondary N) is 1. The lowest BCUT2D eigenvalue weighted by atomic mass is 10.2. The molecule has 1 aromatic carbocycles. The van der Waals surface area contributed by atoms with Gasteiger partial charge in [-0.3, -0.25) is 4.79 Å². The molecule has 2 rings (SSSR count). The van der Waals surface area contributed by atoms with Crippen molar-refractivity contribution < 1.29 is 14.7 Å². The largest absolute Gasteiger partial charge is 0.477 e. The average Bonchev–Trinajstić information content (AvgIpc) is 2.47. The summed E-state index contributed by atoms with van der Waals surface area (Å²) in [4.78, 5) is 27.7. The van der Waals surface area contributed by atoms with Crippen LogP contribution in [0.4, 0.5) is 5.82 Å². The molecule has 0 aliphatic rings. The SMILES string of the molecule is CSc1ccc(C(=O)Nc2cccc(C(=O)O)n2)cc1. The van der Waals surface area contributed by atoms with E-state index in [0.717, 1.165) is 4.90 Å². The lowest BCUT2D eigenvalue weighted by molar-refractivity contribution is 0.0690. The second kappa shape index (κ2) is 6.21. The summed E-state index contributed by atoms with van der Waals surface area (Å²) in [5.41, 5.74) is 0.380. The standard InChI is InChI=1S/C14H12N2O3S/c1-20-10-7-5-9(6-8-10)13(17)16-12-4-2-3-11(15-12)14(18)19/h2-8H,1H3,(H,18,19)(H,15,16,17). The van der Waals surface area contributed by atoms with Crippen LogP contribution in [0.15, 0.2) is 47.4 Å². The van der Waals surface area contributed by atoms with Gasteiger partial charge in [0.25, 0.3) is 5.91 Å². The topological polar surface area (TPSA) is 79.3 Å². The molecule has 0 aliphatic carbocycles. The van der Waals surface area contributed by atoms with Crippen molar-refractivity contribution in [2.45, 2.75) is 4.90 Å². The summed E-state index contributed by atoms with van der Waals surface area (Å²) in [6.45, 7) is 0. The molecule has 0 fully saturated rings. The van der Waals surface area contributed by atoms with Gasteiger partial charge < -0.3 is 10.4 Å². The molecule has 0 saturated carbocycles. The van der Waals surface area contributed by atoms with Gasteiger partial charge in [-0.05, 0) is 42.7 Å². The normalized spacial score (nSPS) is 10.1. The molecule has 0 bridgehead atoms. The first kappa shape index (κ1) is 14.1. The van der Waals surface area contributed by atoms with E-state index in [1.165, 1.54) is 12.1 Å². The highest BCUT2D eigenvalue weighted by Gasteiger charge is 2.09. The summed E-state index contributed by atoms with van der Waals surface area (Å²) in [7, 11) is 0. The Morgan fingerprint density at radius 2 is 1.85 bits per heavy atom. The quantitative estimate of drug-likeness (QED) is 0.846. The molecule has 2 aromatic rings. The van der Waals surface area contributed by atoms with Crippen LogP contribution < -0.4 is 5.32 Å². The molecular formula is C14H12N2O3S. The minimum Gasteiger partial charge on any atom is -0.477 e. The van der Waals surface area contributed by atoms with E-state index < -0.39 is 5.97 Å². The van der Waals surface area contributed by atoms with E-state index in [1.807, 2.05) is 18.4 Å². The van der Waals surface area contributed by atoms with Crippen molar-refractivity contribution in [3.05, 3.63) is 53.7 Å². The summed E-state index contributed by atoms with van der Waals surface area (Å²) in [6.07, 6.45) is 1.95. The number of aromatic nitrogens is 1. The van der Waals surface area contributed by atoms with Gasteiger partial charge >= 0.3 is 5.97 Å². The van der Waals surface area contributed by atoms with Gasteiger partial charge in [-0.15, -0.1) is 11.8 Å². The molecule has 2 N–H and O–H groups in total. The predicted octanol–water partition coefficient (Wildman–Crippen LogP) is 2.75. The van der Waals surface area contributed by atoms with Gasteiger partial charge in [-0.2, -0.15) is 0 Å². The molecule has 5 nitrogen and oxygen atoms in total. The van der Waals surface area contributed by atoms with Crippen LogP contribution in [-0.4, -0.2) is 28.2 Å². The number of nitrogens with zero attached hydrogens (tertiary/aromatic N) is 1. The molecule has 20 heavy (non-hydrogen) atoms. The Morgan fingerprint density at radius 1 is 1.15 bits per heavy atom. The number of pyridine rings is 1. The molecule has 0 aliphatic heterocycles. The average molecular weight is 288 g/mol. The maximum atomic E-state index is 12.0. The minimum atomic E-state index is -1.13. The number of aromatic carboxylic acids is 1. The third-order valence-corrected chi connectivity index (χ3v) is 3.31. The first-order chi connectivity index (χ1) is 9.60. The van der Waals surface area contributed by atoms with Gasteiger partial charge in [0.15, 0.2) is 5.69 Å². The third-order valence-electron chi connectivity index (χ3n) is 2.56. The summed E-state index contributed by atoms with van der Waals surface area (Å²) in [5, 5.41) is 11.4. The number of amides is 1. The number of carbonyl (C=O) groups excluding carboxylic acids is 1. The van der Waals surface area contributed by atoms with Gasteiger partial charge in [0.05, 0.1) is 0 Å². The Morgan fingerprint density at radius 3 is 2.45 bits per heavy atom. The molecule has 0 spiro atoms. The van der Waals surface area contributed by atoms with E-state index in [-0.39, 0.29) is 17.4 Å². The van der Waals surface area contributed by atoms with Crippen molar-refractivity contribution in [2.75, 3.05) is 11.6 Å². The van der Waals surface area contributed by atoms with E-state index >= 15 is 0 Å². The number of hydrogen-bond acceptors (Lipinski definition) is 4. The minimum absolute atomic E-state index is 0.111. The Hall–Kier alpha value is -2.34. The molecule has 0 unspecified atom stereocenters. The van der Waals surface area contributed by atoms with E-state index in [1.54, 1.807) is 30.0 Å². The van der Waals surface area contributed by atoms with Crippen molar-refractivity contribution in [3.63, 3.8) is 0 Å². The second-order valence-electron chi connectivity index (χ2n) is 3.90. The van der Waals surface area contributed by atoms with Crippen LogP contribution in [0.25, 0.3) is 0 Å². The van der Waals surface area contributed by atoms with Crippen LogP contribution >= 0.6 is 11.8 Å². The monoisotopic (exact) mass is 288 g/mol. The third kappa shape index (κ3) is 3.36. The molecule has 1 aromatic heterocycles. The van der Waals surface area contributed by atoms with Crippen molar-refractivity contribution in [3.8, 4) is 0 Å². The molecular weight excluding hydrogens is 276 g/mol. The summed E-state index contributed by atoms with van der Waals surface area (Å²) < 4.78 is 0. The maximum Gasteiger partial charge on any atom is 0.354 e. The number of anilines is 1. The lowest BCUT2D eigenvalue weighted by Crippen LogP contribution is -2.14. The van der Waals surface area contributed by atoms with E-state index in [2.05, 4.69) is 10.3 Å². The van der Waals surface area contributed by atoms with Gasteiger partial charge in [0, 0.05) is 10.5 Å². The fourth-order valence-electron chi connectivity index (χ4n) is 1.55. The number of thioether (sulfide) groups is 1. The smallest absolute Gasteiger partial charge is 0.354 e. The van der Waals surface area contributed by atoms with Gasteiger partial charge in [0.1, 0.15) is 5.82 Å². The van der Waals surface area contributed by atoms with Crippen molar-refractivity contribution in [1.82, 2.24) is 4.98 Å². The van der Waals surface area contributed by atoms with Crippen molar-refractivity contribution in [1.29, 1.82) is 0 Å². The molecule has 6 heteroatoms. The molecule has 0 saturated heterocycles. The van der Waals surface area contributed by atoms with Gasteiger partial charge in [0.2, 0.25) is 0 Å². The number of carboxylic acid groups (broad SMARTS) is 1. The summed E-state index contributed by atoms with van der Waals surface area (Å²) in [5.74, 6) is -1.25. The van der Waals surface area contributed by atoms with Crippen LogP contribution in [0.1, 0.15) is 20.8 Å². The summed E-state index contributed by atoms with van der Waals surface area (Å²) in [6, 6.07) is 11.6. The van der Waals surface area contributed by atoms with Crippen LogP contribution in [0, 0.1) is 0 Å². The van der Waals surface area contributed by atoms with E-state index in [9.17, 15) is 9.59 Å². The van der Waals surface area contributed by atoms with Gasteiger partial charge in [-0.25, -0.2) is 9.78 Å². The van der Waals surface area contributed by atoms with Crippen LogP contribution in [0.3, 0.4) is 0 Å². The Bertz CT molecular complexity index is 641. The highest BCUT2D eigenvalue weighted by atomic mass is 32.2. The maximum absolute atomic E-state index is 12.0. The lowest BCUT2D eigenvalue weighted by Gasteiger charge is -2.05. The fourth-order valence-corrected chi connectivity index (χ4v) is 1.96. The predicted molar refractivity (Wildman–Crippen MR) is 77.4 cm³/mol. The van der Waals surface area contributed by atoms with E-state index in [0.29, 0.717) is 5.56 Å². The van der Waals surface area contributed by atoms with Crippen molar-refractivity contribution in [2.24, 2.45) is 0 Å². The zero-order chi connectivity index (χ0) is 14.5. The molecule has 102 valence electrons. The highest BCUT2D eigenvalue weighted by Crippen LogP contribution is 2.15. The zero-order valence-electron chi connectivity index (χ0n) is 10.7.